The molecule has 97 heavy (non-hydrogen) atoms. The number of aromatic amines is 1. The summed E-state index contributed by atoms with van der Waals surface area (Å²) in [5.74, 6) is -2.74. The molecule has 18 rings (SSSR count). The minimum Gasteiger partial charge on any atom is -0.466 e. The van der Waals surface area contributed by atoms with Crippen LogP contribution in [0, 0.1) is 21.7 Å². The van der Waals surface area contributed by atoms with Crippen molar-refractivity contribution in [2.24, 2.45) is 21.7 Å². The molecule has 4 aliphatic carbocycles. The van der Waals surface area contributed by atoms with Gasteiger partial charge in [-0.15, -0.1) is 0 Å². The van der Waals surface area contributed by atoms with E-state index in [2.05, 4.69) is 37.6 Å². The first kappa shape index (κ1) is 74.7. The molecule has 4 saturated heterocycles. The maximum atomic E-state index is 12.3. The van der Waals surface area contributed by atoms with E-state index in [0.29, 0.717) is 64.3 Å². The number of hydrogen-bond acceptors (Lipinski definition) is 15. The van der Waals surface area contributed by atoms with Crippen molar-refractivity contribution >= 4 is 72.7 Å². The predicted molar refractivity (Wildman–Crippen MR) is 368 cm³/mol. The number of carbonyl (C=O) groups excluding carboxylic acids is 9. The molecule has 5 N–H and O–H groups in total. The average molecular weight is 1330 g/mol. The van der Waals surface area contributed by atoms with E-state index in [1.54, 1.807) is 53.8 Å². The molecular weight excluding hydrogens is 1230 g/mol. The van der Waals surface area contributed by atoms with Crippen LogP contribution in [-0.4, -0.2) is 99.9 Å². The number of pyridine rings is 1. The minimum absolute atomic E-state index is 0. The summed E-state index contributed by atoms with van der Waals surface area (Å²) in [5.41, 5.74) is 5.98. The Hall–Kier alpha value is -9.66. The van der Waals surface area contributed by atoms with Crippen molar-refractivity contribution in [2.75, 3.05) is 33.0 Å². The SMILES string of the molecule is C.C=C(C)C(=O)OCC.CCOC(=O)C1(C)CC2C(=O)NC1c1ccccc12.CCOC(=O)C1(C)CC2C(=O)NC1c1ccccc12.CCOC(=O)C1(C)CC2NC(=O)C1c1ccccc12.CCOC(=O)C1(C)CC2NC(=O)C1c1ccccc12.O=c1cc2ccccc2c[nH]1.[2HH].[B]. The van der Waals surface area contributed by atoms with Crippen LogP contribution in [0.4, 0.5) is 0 Å². The highest BCUT2D eigenvalue weighted by molar-refractivity contribution is 5.97. The smallest absolute Gasteiger partial charge is 0.333 e. The molecule has 5 aromatic carbocycles. The predicted octanol–water partition coefficient (Wildman–Crippen LogP) is 10.8. The largest absolute Gasteiger partial charge is 0.466 e. The fourth-order valence-electron chi connectivity index (χ4n) is 14.7. The van der Waals surface area contributed by atoms with Gasteiger partial charge in [0, 0.05) is 27.7 Å². The Morgan fingerprint density at radius 2 is 0.753 bits per heavy atom. The Labute approximate surface area is 570 Å². The highest BCUT2D eigenvalue weighted by atomic mass is 16.5. The molecule has 6 aromatic rings. The van der Waals surface area contributed by atoms with E-state index < -0.39 is 33.5 Å². The number of benzene rings is 5. The fourth-order valence-corrected chi connectivity index (χ4v) is 14.7. The van der Waals surface area contributed by atoms with Gasteiger partial charge in [0.1, 0.15) is 0 Å². The molecule has 0 spiro atoms. The first-order chi connectivity index (χ1) is 45.3. The summed E-state index contributed by atoms with van der Waals surface area (Å²) in [4.78, 5) is 121. The second kappa shape index (κ2) is 31.0. The van der Waals surface area contributed by atoms with Crippen LogP contribution in [0.5, 0.6) is 0 Å². The number of nitrogens with one attached hydrogen (secondary N) is 5. The highest BCUT2D eigenvalue weighted by Crippen LogP contribution is 2.57. The van der Waals surface area contributed by atoms with Gasteiger partial charge in [-0.2, -0.15) is 0 Å². The van der Waals surface area contributed by atoms with Gasteiger partial charge in [-0.1, -0.05) is 135 Å². The first-order valence-corrected chi connectivity index (χ1v) is 32.5. The number of fused-ring (bicyclic) bond motifs is 9. The maximum Gasteiger partial charge on any atom is 0.333 e. The maximum absolute atomic E-state index is 12.3. The lowest BCUT2D eigenvalue weighted by atomic mass is 9.60. The van der Waals surface area contributed by atoms with E-state index >= 15 is 0 Å². The third-order valence-electron chi connectivity index (χ3n) is 19.4. The number of H-pyrrole nitrogens is 1. The second-order valence-corrected chi connectivity index (χ2v) is 25.8. The molecular formula is C76H91BN5O15. The standard InChI is InChI=1S/4C15H17NO3.C9H7NO.C6H10O2.CH4.B.H2/c2*1-3-19-14(18)15(2)8-11-9-6-4-5-7-10(9)12(15)13(17)16-11;2*1-3-19-14(18)15(2)8-11-9-6-4-5-7-10(9)12(15)16-13(11)17;11-9-5-7-3-1-2-4-8(7)6-10-9;1-4-8-6(7)5(2)3;;;/h4*4-7,11-12H,3,8H2,1-2H3,(H,16,17);1-6H,(H,10,11);2,4H2,1,3H3;1H4;;1H/i;;;;;;;;1+1. The van der Waals surface area contributed by atoms with E-state index in [0.717, 1.165) is 55.3 Å². The minimum atomic E-state index is -0.753. The summed E-state index contributed by atoms with van der Waals surface area (Å²) < 4.78 is 25.3. The summed E-state index contributed by atoms with van der Waals surface area (Å²) in [7, 11) is 0. The highest BCUT2D eigenvalue weighted by Gasteiger charge is 2.60. The number of amides is 4. The monoisotopic (exact) mass is 1330 g/mol. The van der Waals surface area contributed by atoms with E-state index in [-0.39, 0.29) is 112 Å². The third-order valence-corrected chi connectivity index (χ3v) is 19.4. The molecule has 0 saturated carbocycles. The zero-order valence-corrected chi connectivity index (χ0v) is 56.1. The normalized spacial score (nSPS) is 26.6. The number of hydrogen-bond donors (Lipinski definition) is 5. The molecule has 20 nitrogen and oxygen atoms in total. The van der Waals surface area contributed by atoms with Gasteiger partial charge < -0.3 is 49.9 Å². The number of piperidine rings is 4. The number of esters is 5. The lowest BCUT2D eigenvalue weighted by Crippen LogP contribution is -2.56. The third kappa shape index (κ3) is 14.6. The molecule has 3 radical (unpaired) electrons. The first-order valence-electron chi connectivity index (χ1n) is 32.5. The zero-order valence-electron chi connectivity index (χ0n) is 56.1. The van der Waals surface area contributed by atoms with Gasteiger partial charge in [0.15, 0.2) is 0 Å². The van der Waals surface area contributed by atoms with Crippen molar-refractivity contribution in [2.45, 2.75) is 150 Å². The van der Waals surface area contributed by atoms with Crippen LogP contribution in [-0.2, 0) is 66.8 Å². The van der Waals surface area contributed by atoms with Crippen LogP contribution in [0.3, 0.4) is 0 Å². The van der Waals surface area contributed by atoms with Gasteiger partial charge in [0.2, 0.25) is 29.2 Å². The van der Waals surface area contributed by atoms with Crippen LogP contribution >= 0.6 is 0 Å². The van der Waals surface area contributed by atoms with Crippen molar-refractivity contribution in [1.29, 1.82) is 0 Å². The van der Waals surface area contributed by atoms with Crippen molar-refractivity contribution in [3.63, 3.8) is 0 Å². The summed E-state index contributed by atoms with van der Waals surface area (Å²) in [6.45, 7) is 23.3. The number of carbonyl (C=O) groups is 9. The molecule has 21 heteroatoms. The lowest BCUT2D eigenvalue weighted by molar-refractivity contribution is -0.163. The molecule has 8 aliphatic heterocycles. The van der Waals surface area contributed by atoms with Gasteiger partial charge >= 0.3 is 29.8 Å². The zero-order chi connectivity index (χ0) is 68.7. The molecule has 4 fully saturated rings. The van der Waals surface area contributed by atoms with Crippen LogP contribution in [0.15, 0.2) is 151 Å². The quantitative estimate of drug-likeness (QED) is 0.0369. The topological polar surface area (TPSA) is 281 Å². The van der Waals surface area contributed by atoms with Gasteiger partial charge in [-0.25, -0.2) is 4.79 Å². The molecule has 12 aliphatic rings. The van der Waals surface area contributed by atoms with Crippen molar-refractivity contribution in [3.05, 3.63) is 201 Å². The lowest BCUT2D eigenvalue weighted by Gasteiger charge is -2.48. The second-order valence-electron chi connectivity index (χ2n) is 25.8. The van der Waals surface area contributed by atoms with Crippen LogP contribution < -0.4 is 26.8 Å². The summed E-state index contributed by atoms with van der Waals surface area (Å²) in [6.07, 6.45) is 3.99. The average Bonchev–Trinajstić information content (AvgIpc) is 0.747. The Bertz CT molecular complexity index is 3850. The van der Waals surface area contributed by atoms with E-state index in [1.165, 1.54) is 0 Å². The van der Waals surface area contributed by atoms with Crippen LogP contribution in [0.1, 0.15) is 196 Å². The molecule has 9 heterocycles. The summed E-state index contributed by atoms with van der Waals surface area (Å²) in [6, 6.07) is 40.0. The molecule has 8 bridgehead atoms. The molecule has 513 valence electrons. The van der Waals surface area contributed by atoms with E-state index in [9.17, 15) is 47.9 Å². The van der Waals surface area contributed by atoms with Crippen molar-refractivity contribution in [3.8, 4) is 0 Å². The summed E-state index contributed by atoms with van der Waals surface area (Å²) in [5, 5.41) is 13.9. The van der Waals surface area contributed by atoms with E-state index in [4.69, 9.17) is 18.9 Å². The molecule has 1 aromatic heterocycles. The number of ether oxygens (including phenoxy) is 5. The molecule has 12 atom stereocenters. The Morgan fingerprint density at radius 3 is 1.10 bits per heavy atom. The molecule has 12 unspecified atom stereocenters. The number of rotatable bonds is 10. The van der Waals surface area contributed by atoms with Gasteiger partial charge in [0.25, 0.3) is 0 Å². The molecule has 4 amide bonds. The van der Waals surface area contributed by atoms with Crippen LogP contribution in [0.25, 0.3) is 10.8 Å². The Kier molecular flexibility index (Phi) is 23.9. The van der Waals surface area contributed by atoms with Gasteiger partial charge in [0.05, 0.1) is 103 Å². The van der Waals surface area contributed by atoms with Gasteiger partial charge in [-0.05, 0) is 150 Å². The van der Waals surface area contributed by atoms with Crippen molar-refractivity contribution in [1.82, 2.24) is 26.3 Å². The summed E-state index contributed by atoms with van der Waals surface area (Å²) >= 11 is 0. The van der Waals surface area contributed by atoms with E-state index in [1.807, 2.05) is 149 Å². The number of aromatic nitrogens is 1. The van der Waals surface area contributed by atoms with Crippen molar-refractivity contribution < 1.29 is 68.3 Å². The Balaban J connectivity index is 0.000000188. The fraction of sp³-hybridized carbons (Fsp3) is 0.421. The van der Waals surface area contributed by atoms with Gasteiger partial charge in [-0.3, -0.25) is 43.2 Å². The van der Waals surface area contributed by atoms with Crippen LogP contribution in [0.2, 0.25) is 0 Å². The Morgan fingerprint density at radius 1 is 0.433 bits per heavy atom.